The van der Waals surface area contributed by atoms with Gasteiger partial charge in [0.05, 0.1) is 24.2 Å². The highest BCUT2D eigenvalue weighted by Crippen LogP contribution is 2.48. The molecule has 148 valence electrons. The summed E-state index contributed by atoms with van der Waals surface area (Å²) in [5, 5.41) is 3.10. The Balaban J connectivity index is 1.77. The second kappa shape index (κ2) is 8.02. The number of rotatable bonds is 7. The number of benzene rings is 1. The minimum Gasteiger partial charge on any atom is -0.497 e. The molecule has 1 aromatic heterocycles. The van der Waals surface area contributed by atoms with E-state index >= 15 is 0 Å². The Hall–Kier alpha value is -2.87. The van der Waals surface area contributed by atoms with Gasteiger partial charge in [0.2, 0.25) is 5.91 Å². The van der Waals surface area contributed by atoms with E-state index in [9.17, 15) is 14.4 Å². The Morgan fingerprint density at radius 1 is 1.25 bits per heavy atom. The summed E-state index contributed by atoms with van der Waals surface area (Å²) >= 11 is 1.00. The maximum Gasteiger partial charge on any atom is 0.341 e. The van der Waals surface area contributed by atoms with Crippen LogP contribution in [-0.2, 0) is 9.53 Å². The molecule has 0 saturated heterocycles. The van der Waals surface area contributed by atoms with Crippen LogP contribution in [0, 0.1) is 12.8 Å². The topological polar surface area (TPSA) is 108 Å². The van der Waals surface area contributed by atoms with Crippen molar-refractivity contribution in [3.63, 3.8) is 0 Å². The highest BCUT2D eigenvalue weighted by atomic mass is 32.1. The zero-order chi connectivity index (χ0) is 20.4. The number of ether oxygens (including phenoxy) is 2. The van der Waals surface area contributed by atoms with Crippen LogP contribution < -0.4 is 15.8 Å². The molecule has 7 nitrogen and oxygen atoms in total. The summed E-state index contributed by atoms with van der Waals surface area (Å²) in [7, 11) is 1.60. The molecule has 28 heavy (non-hydrogen) atoms. The van der Waals surface area contributed by atoms with E-state index in [0.717, 1.165) is 29.1 Å². The van der Waals surface area contributed by atoms with Crippen LogP contribution in [0.5, 0.6) is 5.75 Å². The first-order chi connectivity index (χ1) is 13.4. The number of carbonyl (C=O) groups excluding carboxylic acids is 3. The summed E-state index contributed by atoms with van der Waals surface area (Å²) in [5.41, 5.74) is 7.07. The number of nitrogens with two attached hydrogens (primary N) is 1. The lowest BCUT2D eigenvalue weighted by atomic mass is 10.1. The van der Waals surface area contributed by atoms with Crippen molar-refractivity contribution < 1.29 is 23.9 Å². The minimum atomic E-state index is -0.643. The third-order valence-electron chi connectivity index (χ3n) is 4.76. The number of thiophene rings is 1. The van der Waals surface area contributed by atoms with E-state index in [0.29, 0.717) is 10.6 Å². The van der Waals surface area contributed by atoms with Crippen molar-refractivity contribution in [2.45, 2.75) is 26.2 Å². The van der Waals surface area contributed by atoms with Gasteiger partial charge in [-0.05, 0) is 49.4 Å². The number of hydrogen-bond acceptors (Lipinski definition) is 6. The summed E-state index contributed by atoms with van der Waals surface area (Å²) in [6.45, 7) is 3.50. The average Bonchev–Trinajstić information content (AvgIpc) is 3.40. The molecule has 1 fully saturated rings. The van der Waals surface area contributed by atoms with E-state index in [1.165, 1.54) is 0 Å². The molecule has 3 N–H and O–H groups in total. The van der Waals surface area contributed by atoms with Crippen LogP contribution in [0.1, 0.15) is 50.4 Å². The van der Waals surface area contributed by atoms with E-state index in [2.05, 4.69) is 5.32 Å². The molecule has 1 aliphatic carbocycles. The molecular formula is C20H22N2O5S. The molecule has 2 aromatic rings. The fourth-order valence-corrected chi connectivity index (χ4v) is 4.24. The third-order valence-corrected chi connectivity index (χ3v) is 5.98. The van der Waals surface area contributed by atoms with Crippen LogP contribution >= 0.6 is 11.3 Å². The van der Waals surface area contributed by atoms with Gasteiger partial charge in [-0.15, -0.1) is 11.3 Å². The van der Waals surface area contributed by atoms with E-state index in [-0.39, 0.29) is 34.8 Å². The molecule has 3 rings (SSSR count). The van der Waals surface area contributed by atoms with Gasteiger partial charge in [0.25, 0.3) is 5.91 Å². The number of methoxy groups -OCH3 is 1. The number of nitrogens with one attached hydrogen (secondary N) is 1. The smallest absolute Gasteiger partial charge is 0.341 e. The molecule has 2 amide bonds. The third kappa shape index (κ3) is 3.87. The Labute approximate surface area is 166 Å². The van der Waals surface area contributed by atoms with Crippen LogP contribution in [-0.4, -0.2) is 31.5 Å². The van der Waals surface area contributed by atoms with Gasteiger partial charge in [0.15, 0.2) is 0 Å². The van der Waals surface area contributed by atoms with E-state index < -0.39 is 11.9 Å². The van der Waals surface area contributed by atoms with Crippen molar-refractivity contribution in [3.8, 4) is 5.75 Å². The van der Waals surface area contributed by atoms with Crippen LogP contribution in [0.2, 0.25) is 0 Å². The first-order valence-corrected chi connectivity index (χ1v) is 9.74. The van der Waals surface area contributed by atoms with Crippen LogP contribution in [0.15, 0.2) is 24.3 Å². The molecule has 0 aliphatic heterocycles. The van der Waals surface area contributed by atoms with Crippen LogP contribution in [0.25, 0.3) is 0 Å². The van der Waals surface area contributed by atoms with Gasteiger partial charge in [-0.2, -0.15) is 0 Å². The fraction of sp³-hybridized carbons (Fsp3) is 0.350. The highest BCUT2D eigenvalue weighted by Gasteiger charge is 2.44. The first kappa shape index (κ1) is 19.9. The molecule has 1 aliphatic rings. The van der Waals surface area contributed by atoms with Crippen molar-refractivity contribution >= 4 is 34.1 Å². The number of amides is 2. The molecule has 1 heterocycles. The average molecular weight is 402 g/mol. The molecule has 0 radical (unpaired) electrons. The Bertz CT molecular complexity index is 919. The van der Waals surface area contributed by atoms with Crippen molar-refractivity contribution in [1.82, 2.24) is 0 Å². The zero-order valence-corrected chi connectivity index (χ0v) is 16.7. The Kier molecular flexibility index (Phi) is 5.69. The summed E-state index contributed by atoms with van der Waals surface area (Å²) in [5.74, 6) is -0.727. The quantitative estimate of drug-likeness (QED) is 0.692. The van der Waals surface area contributed by atoms with E-state index in [1.807, 2.05) is 24.3 Å². The molecule has 8 heteroatoms. The number of primary amides is 1. The van der Waals surface area contributed by atoms with Gasteiger partial charge < -0.3 is 20.5 Å². The van der Waals surface area contributed by atoms with Crippen LogP contribution in [0.4, 0.5) is 5.00 Å². The number of carbonyl (C=O) groups is 3. The largest absolute Gasteiger partial charge is 0.497 e. The van der Waals surface area contributed by atoms with Gasteiger partial charge >= 0.3 is 5.97 Å². The molecule has 1 saturated carbocycles. The lowest BCUT2D eigenvalue weighted by molar-refractivity contribution is -0.117. The van der Waals surface area contributed by atoms with E-state index in [1.54, 1.807) is 21.0 Å². The van der Waals surface area contributed by atoms with Crippen LogP contribution in [0.3, 0.4) is 0 Å². The molecule has 0 spiro atoms. The number of hydrogen-bond donors (Lipinski definition) is 2. The van der Waals surface area contributed by atoms with Gasteiger partial charge in [0.1, 0.15) is 10.8 Å². The van der Waals surface area contributed by atoms with Gasteiger partial charge in [-0.3, -0.25) is 9.59 Å². The van der Waals surface area contributed by atoms with E-state index in [4.69, 9.17) is 15.2 Å². The highest BCUT2D eigenvalue weighted by molar-refractivity contribution is 7.18. The van der Waals surface area contributed by atoms with Gasteiger partial charge in [0, 0.05) is 5.92 Å². The molecular weight excluding hydrogens is 380 g/mol. The fourth-order valence-electron chi connectivity index (χ4n) is 3.19. The molecule has 0 bridgehead atoms. The summed E-state index contributed by atoms with van der Waals surface area (Å²) in [6.07, 6.45) is 0.722. The standard InChI is InChI=1S/C20H22N2O5S/c1-4-27-20(25)15-10(2)16(17(21)23)28-19(15)22-18(24)14-9-13(14)11-5-7-12(26-3)8-6-11/h5-8,13-14H,4,9H2,1-3H3,(H2,21,23)(H,22,24). The lowest BCUT2D eigenvalue weighted by Gasteiger charge is -2.07. The maximum atomic E-state index is 12.7. The maximum absolute atomic E-state index is 12.7. The number of anilines is 1. The van der Waals surface area contributed by atoms with Crippen molar-refractivity contribution in [2.24, 2.45) is 11.7 Å². The normalized spacial score (nSPS) is 17.7. The second-order valence-corrected chi connectivity index (χ2v) is 7.58. The first-order valence-electron chi connectivity index (χ1n) is 8.92. The summed E-state index contributed by atoms with van der Waals surface area (Å²) in [4.78, 5) is 36.9. The molecule has 2 unspecified atom stereocenters. The Morgan fingerprint density at radius 3 is 2.50 bits per heavy atom. The second-order valence-electron chi connectivity index (χ2n) is 6.56. The monoisotopic (exact) mass is 402 g/mol. The lowest BCUT2D eigenvalue weighted by Crippen LogP contribution is -2.17. The summed E-state index contributed by atoms with van der Waals surface area (Å²) < 4.78 is 10.2. The molecule has 1 aromatic carbocycles. The van der Waals surface area contributed by atoms with Crippen molar-refractivity contribution in [3.05, 3.63) is 45.8 Å². The zero-order valence-electron chi connectivity index (χ0n) is 15.9. The summed E-state index contributed by atoms with van der Waals surface area (Å²) in [6, 6.07) is 7.62. The van der Waals surface area contributed by atoms with Crippen molar-refractivity contribution in [1.29, 1.82) is 0 Å². The minimum absolute atomic E-state index is 0.119. The SMILES string of the molecule is CCOC(=O)c1c(NC(=O)C2CC2c2ccc(OC)cc2)sc(C(N)=O)c1C. The van der Waals surface area contributed by atoms with Crippen molar-refractivity contribution in [2.75, 3.05) is 19.0 Å². The van der Waals surface area contributed by atoms with Gasteiger partial charge in [-0.25, -0.2) is 4.79 Å². The predicted molar refractivity (Wildman–Crippen MR) is 106 cm³/mol. The Morgan fingerprint density at radius 2 is 1.93 bits per heavy atom. The predicted octanol–water partition coefficient (Wildman–Crippen LogP) is 3.08. The molecule has 2 atom stereocenters. The number of esters is 1. The van der Waals surface area contributed by atoms with Gasteiger partial charge in [-0.1, -0.05) is 12.1 Å².